The Labute approximate surface area is 150 Å². The quantitative estimate of drug-likeness (QED) is 0.680. The van der Waals surface area contributed by atoms with Crippen molar-refractivity contribution in [2.24, 2.45) is 0 Å². The Hall–Kier alpha value is -2.67. The van der Waals surface area contributed by atoms with Gasteiger partial charge in [0.05, 0.1) is 27.0 Å². The van der Waals surface area contributed by atoms with Gasteiger partial charge in [-0.05, 0) is 36.6 Å². The second-order valence-corrected chi connectivity index (χ2v) is 5.94. The van der Waals surface area contributed by atoms with E-state index in [1.807, 2.05) is 36.6 Å². The summed E-state index contributed by atoms with van der Waals surface area (Å²) in [6, 6.07) is 12.9. The van der Waals surface area contributed by atoms with E-state index in [0.717, 1.165) is 21.7 Å². The fourth-order valence-corrected chi connectivity index (χ4v) is 2.92. The van der Waals surface area contributed by atoms with E-state index in [9.17, 15) is 0 Å². The average molecular weight is 356 g/mol. The van der Waals surface area contributed by atoms with Crippen LogP contribution in [0.1, 0.15) is 0 Å². The molecule has 129 valence electrons. The molecule has 3 rings (SSSR count). The van der Waals surface area contributed by atoms with E-state index in [4.69, 9.17) is 14.2 Å². The number of methoxy groups -OCH3 is 3. The van der Waals surface area contributed by atoms with E-state index in [0.29, 0.717) is 22.9 Å². The highest BCUT2D eigenvalue weighted by Crippen LogP contribution is 2.42. The van der Waals surface area contributed by atoms with Gasteiger partial charge in [-0.25, -0.2) is 0 Å². The van der Waals surface area contributed by atoms with Crippen LogP contribution in [0.4, 0.5) is 0 Å². The van der Waals surface area contributed by atoms with Crippen molar-refractivity contribution in [2.45, 2.75) is 4.90 Å². The molecule has 1 N–H and O–H groups in total. The molecule has 0 fully saturated rings. The number of H-pyrrole nitrogens is 1. The minimum absolute atomic E-state index is 0.538. The highest BCUT2D eigenvalue weighted by Gasteiger charge is 2.18. The van der Waals surface area contributed by atoms with Crippen LogP contribution in [0, 0.1) is 6.07 Å². The summed E-state index contributed by atoms with van der Waals surface area (Å²) in [5.41, 5.74) is 3.27. The Morgan fingerprint density at radius 3 is 2.24 bits per heavy atom. The van der Waals surface area contributed by atoms with Crippen LogP contribution in [0.5, 0.6) is 17.2 Å². The highest BCUT2D eigenvalue weighted by molar-refractivity contribution is 7.98. The molecule has 0 saturated carbocycles. The number of benzene rings is 2. The lowest BCUT2D eigenvalue weighted by molar-refractivity contribution is 0.324. The summed E-state index contributed by atoms with van der Waals surface area (Å²) >= 11 is 1.65. The van der Waals surface area contributed by atoms with Gasteiger partial charge >= 0.3 is 0 Å². The maximum atomic E-state index is 5.42. The van der Waals surface area contributed by atoms with Gasteiger partial charge < -0.3 is 14.2 Å². The highest BCUT2D eigenvalue weighted by atomic mass is 32.2. The van der Waals surface area contributed by atoms with Crippen LogP contribution in [0.15, 0.2) is 35.2 Å². The van der Waals surface area contributed by atoms with Crippen molar-refractivity contribution in [1.29, 1.82) is 0 Å². The molecule has 0 unspecified atom stereocenters. The first-order chi connectivity index (χ1) is 12.2. The van der Waals surface area contributed by atoms with Crippen molar-refractivity contribution in [1.82, 2.24) is 15.4 Å². The largest absolute Gasteiger partial charge is 0.493 e. The number of hydrogen-bond donors (Lipinski definition) is 1. The summed E-state index contributed by atoms with van der Waals surface area (Å²) in [6.07, 6.45) is 2.02. The molecule has 0 saturated heterocycles. The molecule has 2 aromatic carbocycles. The number of aromatic amines is 1. The van der Waals surface area contributed by atoms with Crippen molar-refractivity contribution in [3.05, 3.63) is 36.4 Å². The Kier molecular flexibility index (Phi) is 5.14. The van der Waals surface area contributed by atoms with E-state index in [1.165, 1.54) is 0 Å². The molecule has 3 aromatic rings. The zero-order valence-electron chi connectivity index (χ0n) is 14.4. The van der Waals surface area contributed by atoms with E-state index in [-0.39, 0.29) is 0 Å². The summed E-state index contributed by atoms with van der Waals surface area (Å²) in [5.74, 6) is 1.67. The van der Waals surface area contributed by atoms with Gasteiger partial charge in [0.1, 0.15) is 5.69 Å². The summed E-state index contributed by atoms with van der Waals surface area (Å²) in [4.78, 5) is 1.07. The van der Waals surface area contributed by atoms with E-state index in [2.05, 4.69) is 21.5 Å². The molecule has 6 nitrogen and oxygen atoms in total. The van der Waals surface area contributed by atoms with Crippen LogP contribution in [0.3, 0.4) is 0 Å². The van der Waals surface area contributed by atoms with Crippen LogP contribution in [-0.4, -0.2) is 43.0 Å². The number of thioether (sulfide) groups is 1. The summed E-state index contributed by atoms with van der Waals surface area (Å²) in [7, 11) is 4.74. The zero-order chi connectivity index (χ0) is 17.8. The van der Waals surface area contributed by atoms with Gasteiger partial charge in [-0.2, -0.15) is 0 Å². The van der Waals surface area contributed by atoms with Crippen LogP contribution in [0.25, 0.3) is 22.5 Å². The van der Waals surface area contributed by atoms with Crippen molar-refractivity contribution < 1.29 is 14.2 Å². The molecule has 1 heterocycles. The molecule has 0 aliphatic heterocycles. The SMILES string of the molecule is COc1cc(-c2nn[nH]c2-c2c[c]c(SC)cc2)cc(OC)c1OC. The first-order valence-electron chi connectivity index (χ1n) is 7.49. The van der Waals surface area contributed by atoms with Crippen molar-refractivity contribution in [3.8, 4) is 39.8 Å². The third-order valence-electron chi connectivity index (χ3n) is 3.78. The molecular weight excluding hydrogens is 338 g/mol. The molecule has 0 aliphatic carbocycles. The van der Waals surface area contributed by atoms with E-state index >= 15 is 0 Å². The van der Waals surface area contributed by atoms with E-state index in [1.54, 1.807) is 33.1 Å². The molecular formula is C18H18N3O3S. The van der Waals surface area contributed by atoms with Crippen LogP contribution in [0.2, 0.25) is 0 Å². The van der Waals surface area contributed by atoms with Crippen molar-refractivity contribution >= 4 is 11.8 Å². The minimum atomic E-state index is 0.538. The number of nitrogens with zero attached hydrogens (tertiary/aromatic N) is 2. The van der Waals surface area contributed by atoms with Gasteiger partial charge in [0.2, 0.25) is 5.75 Å². The van der Waals surface area contributed by atoms with Gasteiger partial charge in [0.15, 0.2) is 11.5 Å². The summed E-state index contributed by atoms with van der Waals surface area (Å²) in [5, 5.41) is 11.2. The third kappa shape index (κ3) is 3.28. The number of aromatic nitrogens is 3. The number of ether oxygens (including phenoxy) is 3. The molecule has 0 spiro atoms. The second kappa shape index (κ2) is 7.48. The maximum Gasteiger partial charge on any atom is 0.203 e. The number of hydrogen-bond acceptors (Lipinski definition) is 6. The van der Waals surface area contributed by atoms with Crippen LogP contribution < -0.4 is 14.2 Å². The molecule has 0 amide bonds. The smallest absolute Gasteiger partial charge is 0.203 e. The summed E-state index contributed by atoms with van der Waals surface area (Å²) in [6.45, 7) is 0. The first-order valence-corrected chi connectivity index (χ1v) is 8.71. The van der Waals surface area contributed by atoms with Crippen LogP contribution >= 0.6 is 11.8 Å². The van der Waals surface area contributed by atoms with Gasteiger partial charge in [0.25, 0.3) is 0 Å². The van der Waals surface area contributed by atoms with Crippen LogP contribution in [-0.2, 0) is 0 Å². The Bertz CT molecular complexity index is 837. The molecule has 0 atom stereocenters. The number of nitrogens with one attached hydrogen (secondary N) is 1. The molecule has 25 heavy (non-hydrogen) atoms. The lowest BCUT2D eigenvalue weighted by Crippen LogP contribution is -1.96. The molecule has 0 bridgehead atoms. The summed E-state index contributed by atoms with van der Waals surface area (Å²) < 4.78 is 16.2. The molecule has 1 aromatic heterocycles. The van der Waals surface area contributed by atoms with Gasteiger partial charge in [-0.15, -0.1) is 16.9 Å². The Morgan fingerprint density at radius 2 is 1.72 bits per heavy atom. The van der Waals surface area contributed by atoms with Gasteiger partial charge in [0, 0.05) is 16.0 Å². The normalized spacial score (nSPS) is 10.6. The Balaban J connectivity index is 2.10. The fraction of sp³-hybridized carbons (Fsp3) is 0.222. The Morgan fingerprint density at radius 1 is 1.00 bits per heavy atom. The topological polar surface area (TPSA) is 69.3 Å². The molecule has 7 heteroatoms. The van der Waals surface area contributed by atoms with E-state index < -0.39 is 0 Å². The number of rotatable bonds is 6. The lowest BCUT2D eigenvalue weighted by Gasteiger charge is -2.13. The predicted octanol–water partition coefficient (Wildman–Crippen LogP) is 3.69. The molecule has 1 radical (unpaired) electrons. The minimum Gasteiger partial charge on any atom is -0.493 e. The fourth-order valence-electron chi connectivity index (χ4n) is 2.54. The van der Waals surface area contributed by atoms with Crippen molar-refractivity contribution in [3.63, 3.8) is 0 Å². The molecule has 0 aliphatic rings. The second-order valence-electron chi connectivity index (χ2n) is 5.10. The maximum absolute atomic E-state index is 5.42. The lowest BCUT2D eigenvalue weighted by atomic mass is 10.0. The average Bonchev–Trinajstić information content (AvgIpc) is 3.16. The van der Waals surface area contributed by atoms with Gasteiger partial charge in [-0.3, -0.25) is 5.10 Å². The first kappa shape index (κ1) is 17.2. The van der Waals surface area contributed by atoms with Gasteiger partial charge in [-0.1, -0.05) is 11.3 Å². The third-order valence-corrected chi connectivity index (χ3v) is 4.47. The standard InChI is InChI=1S/C18H18N3O3S/c1-22-14-9-12(10-15(23-2)18(14)24-3)17-16(19-21-20-17)11-5-7-13(25-4)8-6-11/h5-7,9-10H,1-4H3,(H,19,20,21). The zero-order valence-corrected chi connectivity index (χ0v) is 15.2. The predicted molar refractivity (Wildman–Crippen MR) is 97.5 cm³/mol. The van der Waals surface area contributed by atoms with Crippen molar-refractivity contribution in [2.75, 3.05) is 27.6 Å². The monoisotopic (exact) mass is 356 g/mol.